The number of nitrogens with two attached hydrogens (primary N) is 1. The summed E-state index contributed by atoms with van der Waals surface area (Å²) in [6, 6.07) is 7.23. The van der Waals surface area contributed by atoms with Gasteiger partial charge in [-0.05, 0) is 37.0 Å². The minimum atomic E-state index is 0.302. The van der Waals surface area contributed by atoms with Crippen LogP contribution in [0.2, 0.25) is 0 Å². The van der Waals surface area contributed by atoms with E-state index in [-0.39, 0.29) is 0 Å². The molecule has 4 heteroatoms. The normalized spacial score (nSPS) is 24.7. The summed E-state index contributed by atoms with van der Waals surface area (Å²) in [6.45, 7) is 6.73. The second-order valence-electron chi connectivity index (χ2n) is 6.34. The van der Waals surface area contributed by atoms with Gasteiger partial charge in [-0.25, -0.2) is 0 Å². The molecule has 1 fully saturated rings. The predicted octanol–water partition coefficient (Wildman–Crippen LogP) is 1.79. The van der Waals surface area contributed by atoms with Gasteiger partial charge >= 0.3 is 0 Å². The highest BCUT2D eigenvalue weighted by molar-refractivity contribution is 5.56. The van der Waals surface area contributed by atoms with Crippen LogP contribution >= 0.6 is 0 Å². The minimum absolute atomic E-state index is 0.302. The monoisotopic (exact) mass is 289 g/mol. The third-order valence-corrected chi connectivity index (χ3v) is 4.78. The Balaban J connectivity index is 1.84. The Labute approximate surface area is 127 Å². The molecule has 0 saturated carbocycles. The van der Waals surface area contributed by atoms with E-state index < -0.39 is 0 Å². The van der Waals surface area contributed by atoms with Crippen LogP contribution in [0.15, 0.2) is 18.2 Å². The molecule has 0 radical (unpaired) electrons. The molecule has 21 heavy (non-hydrogen) atoms. The average Bonchev–Trinajstić information content (AvgIpc) is 2.48. The Morgan fingerprint density at radius 1 is 1.38 bits per heavy atom. The van der Waals surface area contributed by atoms with Crippen molar-refractivity contribution in [3.63, 3.8) is 0 Å². The van der Waals surface area contributed by atoms with Crippen molar-refractivity contribution in [2.45, 2.75) is 31.9 Å². The molecule has 3 rings (SSSR count). The van der Waals surface area contributed by atoms with Crippen molar-refractivity contribution >= 4 is 5.69 Å². The minimum Gasteiger partial charge on any atom is -0.376 e. The number of morpholine rings is 1. The van der Waals surface area contributed by atoms with Gasteiger partial charge in [0.05, 0.1) is 12.7 Å². The van der Waals surface area contributed by atoms with Crippen LogP contribution in [0.4, 0.5) is 5.69 Å². The molecule has 4 nitrogen and oxygen atoms in total. The summed E-state index contributed by atoms with van der Waals surface area (Å²) >= 11 is 0. The van der Waals surface area contributed by atoms with Crippen LogP contribution in [0.5, 0.6) is 0 Å². The first-order valence-electron chi connectivity index (χ1n) is 8.08. The fourth-order valence-corrected chi connectivity index (χ4v) is 3.64. The van der Waals surface area contributed by atoms with Gasteiger partial charge in [-0.3, -0.25) is 4.90 Å². The lowest BCUT2D eigenvalue weighted by atomic mass is 9.95. The summed E-state index contributed by atoms with van der Waals surface area (Å²) in [6.07, 6.45) is 2.73. The average molecular weight is 289 g/mol. The van der Waals surface area contributed by atoms with E-state index in [4.69, 9.17) is 10.5 Å². The number of benzene rings is 1. The van der Waals surface area contributed by atoms with Gasteiger partial charge in [-0.1, -0.05) is 12.1 Å². The molecule has 2 unspecified atom stereocenters. The standard InChI is InChI=1S/C17H27N3O/c1-13-12-20(8-9-21-13)17(11-18)15-5-6-16-14(10-15)4-3-7-19(16)2/h5-6,10,13,17H,3-4,7-9,11-12,18H2,1-2H3. The van der Waals surface area contributed by atoms with E-state index in [0.29, 0.717) is 18.7 Å². The Bertz CT molecular complexity index is 491. The number of fused-ring (bicyclic) bond motifs is 1. The molecule has 1 aromatic carbocycles. The smallest absolute Gasteiger partial charge is 0.0674 e. The lowest BCUT2D eigenvalue weighted by Crippen LogP contribution is -2.45. The van der Waals surface area contributed by atoms with Gasteiger partial charge in [-0.15, -0.1) is 0 Å². The Morgan fingerprint density at radius 3 is 3.00 bits per heavy atom. The molecule has 0 aromatic heterocycles. The summed E-state index contributed by atoms with van der Waals surface area (Å²) in [5.74, 6) is 0. The second-order valence-corrected chi connectivity index (χ2v) is 6.34. The van der Waals surface area contributed by atoms with E-state index in [0.717, 1.165) is 26.2 Å². The van der Waals surface area contributed by atoms with Gasteiger partial charge < -0.3 is 15.4 Å². The molecule has 116 valence electrons. The van der Waals surface area contributed by atoms with Crippen LogP contribution in [-0.4, -0.2) is 50.8 Å². The first-order chi connectivity index (χ1) is 10.2. The van der Waals surface area contributed by atoms with Crippen molar-refractivity contribution in [1.29, 1.82) is 0 Å². The molecule has 0 spiro atoms. The van der Waals surface area contributed by atoms with Crippen molar-refractivity contribution in [2.75, 3.05) is 44.7 Å². The van der Waals surface area contributed by atoms with Crippen LogP contribution < -0.4 is 10.6 Å². The molecule has 1 aromatic rings. The van der Waals surface area contributed by atoms with Crippen molar-refractivity contribution in [3.05, 3.63) is 29.3 Å². The summed E-state index contributed by atoms with van der Waals surface area (Å²) < 4.78 is 5.65. The van der Waals surface area contributed by atoms with Crippen LogP contribution in [0.1, 0.15) is 30.5 Å². The Hall–Kier alpha value is -1.10. The first kappa shape index (κ1) is 14.8. The molecule has 0 bridgehead atoms. The van der Waals surface area contributed by atoms with Gasteiger partial charge in [0.25, 0.3) is 0 Å². The highest BCUT2D eigenvalue weighted by Gasteiger charge is 2.25. The van der Waals surface area contributed by atoms with E-state index in [1.807, 2.05) is 0 Å². The third-order valence-electron chi connectivity index (χ3n) is 4.78. The molecule has 1 saturated heterocycles. The van der Waals surface area contributed by atoms with Crippen molar-refractivity contribution in [1.82, 2.24) is 4.90 Å². The lowest BCUT2D eigenvalue weighted by molar-refractivity contribution is -0.0333. The van der Waals surface area contributed by atoms with E-state index in [9.17, 15) is 0 Å². The maximum absolute atomic E-state index is 6.09. The van der Waals surface area contributed by atoms with E-state index >= 15 is 0 Å². The number of nitrogens with zero attached hydrogens (tertiary/aromatic N) is 2. The lowest BCUT2D eigenvalue weighted by Gasteiger charge is -2.37. The van der Waals surface area contributed by atoms with Gasteiger partial charge in [0.2, 0.25) is 0 Å². The Kier molecular flexibility index (Phi) is 4.48. The topological polar surface area (TPSA) is 41.7 Å². The summed E-state index contributed by atoms with van der Waals surface area (Å²) in [5.41, 5.74) is 10.3. The maximum Gasteiger partial charge on any atom is 0.0674 e. The zero-order valence-corrected chi connectivity index (χ0v) is 13.2. The van der Waals surface area contributed by atoms with Crippen molar-refractivity contribution in [3.8, 4) is 0 Å². The van der Waals surface area contributed by atoms with Crippen LogP contribution in [0.3, 0.4) is 0 Å². The first-order valence-corrected chi connectivity index (χ1v) is 8.08. The molecular weight excluding hydrogens is 262 g/mol. The zero-order chi connectivity index (χ0) is 14.8. The highest BCUT2D eigenvalue weighted by Crippen LogP contribution is 2.30. The predicted molar refractivity (Wildman–Crippen MR) is 86.8 cm³/mol. The van der Waals surface area contributed by atoms with E-state index in [2.05, 4.69) is 42.0 Å². The number of hydrogen-bond donors (Lipinski definition) is 1. The van der Waals surface area contributed by atoms with Gasteiger partial charge in [0.1, 0.15) is 0 Å². The molecule has 2 atom stereocenters. The zero-order valence-electron chi connectivity index (χ0n) is 13.2. The summed E-state index contributed by atoms with van der Waals surface area (Å²) in [4.78, 5) is 4.83. The highest BCUT2D eigenvalue weighted by atomic mass is 16.5. The Morgan fingerprint density at radius 2 is 2.24 bits per heavy atom. The summed E-state index contributed by atoms with van der Waals surface area (Å²) in [5, 5.41) is 0. The van der Waals surface area contributed by atoms with Gasteiger partial charge in [-0.2, -0.15) is 0 Å². The van der Waals surface area contributed by atoms with E-state index in [1.54, 1.807) is 0 Å². The number of rotatable bonds is 3. The molecule has 2 aliphatic rings. The van der Waals surface area contributed by atoms with Crippen LogP contribution in [0, 0.1) is 0 Å². The molecular formula is C17H27N3O. The quantitative estimate of drug-likeness (QED) is 0.921. The van der Waals surface area contributed by atoms with Crippen molar-refractivity contribution in [2.24, 2.45) is 5.73 Å². The maximum atomic E-state index is 6.09. The fourth-order valence-electron chi connectivity index (χ4n) is 3.64. The molecule has 2 heterocycles. The number of ether oxygens (including phenoxy) is 1. The fraction of sp³-hybridized carbons (Fsp3) is 0.647. The van der Waals surface area contributed by atoms with Crippen LogP contribution in [-0.2, 0) is 11.2 Å². The SMILES string of the molecule is CC1CN(C(CN)c2ccc3c(c2)CCCN3C)CCO1. The second kappa shape index (κ2) is 6.34. The van der Waals surface area contributed by atoms with Crippen molar-refractivity contribution < 1.29 is 4.74 Å². The molecule has 0 aliphatic carbocycles. The number of hydrogen-bond acceptors (Lipinski definition) is 4. The number of anilines is 1. The van der Waals surface area contributed by atoms with Crippen LogP contribution in [0.25, 0.3) is 0 Å². The summed E-state index contributed by atoms with van der Waals surface area (Å²) in [7, 11) is 2.18. The van der Waals surface area contributed by atoms with E-state index in [1.165, 1.54) is 29.7 Å². The molecule has 0 amide bonds. The molecule has 2 aliphatic heterocycles. The number of aryl methyl sites for hydroxylation is 1. The largest absolute Gasteiger partial charge is 0.376 e. The van der Waals surface area contributed by atoms with Gasteiger partial charge in [0, 0.05) is 45.0 Å². The molecule has 2 N–H and O–H groups in total. The van der Waals surface area contributed by atoms with Gasteiger partial charge in [0.15, 0.2) is 0 Å². The third kappa shape index (κ3) is 3.07.